The molecule has 0 N–H and O–H groups in total. The first-order valence-electron chi connectivity index (χ1n) is 14.8. The molecule has 2 aliphatic heterocycles. The van der Waals surface area contributed by atoms with E-state index in [0.29, 0.717) is 23.4 Å². The maximum Gasteiger partial charge on any atom is 0.410 e. The summed E-state index contributed by atoms with van der Waals surface area (Å²) in [6, 6.07) is 16.9. The molecule has 1 atom stereocenters. The standard InChI is InChI=1S/C33H46FN3O2/c1-24(2)28-11-6-7-12-29(28)30-23-35(22-25-9-8-10-26(34)19-25)17-18-37(30)27-20-33(21-27)13-15-36(16-14-33)31(38)39-32(3,4)5/h6-12,19,24,27,30H,13-18,20-23H2,1-5H3. The van der Waals surface area contributed by atoms with E-state index in [1.807, 2.05) is 37.8 Å². The normalized spacial score (nSPS) is 22.7. The number of ether oxygens (including phenoxy) is 1. The number of carbonyl (C=O) groups excluding carboxylic acids is 1. The Morgan fingerprint density at radius 2 is 1.74 bits per heavy atom. The first-order valence-corrected chi connectivity index (χ1v) is 14.8. The lowest BCUT2D eigenvalue weighted by molar-refractivity contribution is -0.0782. The van der Waals surface area contributed by atoms with Gasteiger partial charge < -0.3 is 9.64 Å². The van der Waals surface area contributed by atoms with Gasteiger partial charge >= 0.3 is 6.09 Å². The number of halogens is 1. The Morgan fingerprint density at radius 1 is 1.03 bits per heavy atom. The van der Waals surface area contributed by atoms with Crippen LogP contribution in [0.3, 0.4) is 0 Å². The van der Waals surface area contributed by atoms with Gasteiger partial charge in [0.1, 0.15) is 11.4 Å². The molecular weight excluding hydrogens is 489 g/mol. The van der Waals surface area contributed by atoms with E-state index >= 15 is 0 Å². The minimum absolute atomic E-state index is 0.162. The summed E-state index contributed by atoms with van der Waals surface area (Å²) in [5.41, 5.74) is 3.81. The van der Waals surface area contributed by atoms with Crippen LogP contribution in [0.15, 0.2) is 48.5 Å². The molecule has 1 aliphatic carbocycles. The molecule has 0 bridgehead atoms. The third-order valence-electron chi connectivity index (χ3n) is 9.06. The number of benzene rings is 2. The molecule has 2 heterocycles. The van der Waals surface area contributed by atoms with Gasteiger partial charge in [0.25, 0.3) is 0 Å². The van der Waals surface area contributed by atoms with Crippen molar-refractivity contribution in [2.45, 2.75) is 90.4 Å². The zero-order valence-electron chi connectivity index (χ0n) is 24.5. The number of piperidine rings is 1. The van der Waals surface area contributed by atoms with Crippen LogP contribution < -0.4 is 0 Å². The molecule has 2 aromatic rings. The highest BCUT2D eigenvalue weighted by Gasteiger charge is 2.50. The highest BCUT2D eigenvalue weighted by atomic mass is 19.1. The second-order valence-corrected chi connectivity index (χ2v) is 13.4. The van der Waals surface area contributed by atoms with Crippen LogP contribution in [0.5, 0.6) is 0 Å². The van der Waals surface area contributed by atoms with Crippen LogP contribution in [0, 0.1) is 11.2 Å². The van der Waals surface area contributed by atoms with E-state index in [0.717, 1.165) is 57.7 Å². The molecule has 5 rings (SSSR count). The molecule has 5 nitrogen and oxygen atoms in total. The fourth-order valence-electron chi connectivity index (χ4n) is 7.02. The third-order valence-corrected chi connectivity index (χ3v) is 9.06. The average molecular weight is 536 g/mol. The lowest BCUT2D eigenvalue weighted by Crippen LogP contribution is -2.60. The van der Waals surface area contributed by atoms with Crippen LogP contribution in [0.25, 0.3) is 0 Å². The Labute approximate surface area is 234 Å². The molecule has 0 aromatic heterocycles. The van der Waals surface area contributed by atoms with Crippen LogP contribution in [-0.2, 0) is 11.3 Å². The second kappa shape index (κ2) is 11.2. The monoisotopic (exact) mass is 535 g/mol. The Bertz CT molecular complexity index is 1140. The quantitative estimate of drug-likeness (QED) is 0.414. The molecule has 3 fully saturated rings. The average Bonchev–Trinajstić information content (AvgIpc) is 2.86. The molecule has 0 radical (unpaired) electrons. The Balaban J connectivity index is 1.27. The van der Waals surface area contributed by atoms with Crippen molar-refractivity contribution < 1.29 is 13.9 Å². The molecular formula is C33H46FN3O2. The van der Waals surface area contributed by atoms with Crippen molar-refractivity contribution in [2.75, 3.05) is 32.7 Å². The highest BCUT2D eigenvalue weighted by molar-refractivity contribution is 5.68. The number of amides is 1. The van der Waals surface area contributed by atoms with Crippen LogP contribution in [0.2, 0.25) is 0 Å². The third kappa shape index (κ3) is 6.49. The topological polar surface area (TPSA) is 36.0 Å². The largest absolute Gasteiger partial charge is 0.444 e. The summed E-state index contributed by atoms with van der Waals surface area (Å²) in [7, 11) is 0. The number of piperazine rings is 1. The minimum Gasteiger partial charge on any atom is -0.444 e. The number of carbonyl (C=O) groups is 1. The van der Waals surface area contributed by atoms with Crippen molar-refractivity contribution in [2.24, 2.45) is 5.41 Å². The lowest BCUT2D eigenvalue weighted by atomic mass is 9.59. The van der Waals surface area contributed by atoms with Crippen molar-refractivity contribution in [3.63, 3.8) is 0 Å². The summed E-state index contributed by atoms with van der Waals surface area (Å²) < 4.78 is 19.5. The van der Waals surface area contributed by atoms with Crippen LogP contribution in [0.4, 0.5) is 9.18 Å². The first kappa shape index (κ1) is 28.1. The van der Waals surface area contributed by atoms with Gasteiger partial charge in [-0.15, -0.1) is 0 Å². The van der Waals surface area contributed by atoms with Crippen molar-refractivity contribution in [3.05, 3.63) is 71.0 Å². The molecule has 39 heavy (non-hydrogen) atoms. The van der Waals surface area contributed by atoms with Gasteiger partial charge in [-0.1, -0.05) is 50.2 Å². The van der Waals surface area contributed by atoms with Crippen molar-refractivity contribution in [1.82, 2.24) is 14.7 Å². The number of nitrogens with zero attached hydrogens (tertiary/aromatic N) is 3. The maximum absolute atomic E-state index is 13.9. The van der Waals surface area contributed by atoms with Crippen LogP contribution >= 0.6 is 0 Å². The molecule has 2 aromatic carbocycles. The molecule has 1 unspecified atom stereocenters. The number of hydrogen-bond donors (Lipinski definition) is 0. The Kier molecular flexibility index (Phi) is 8.08. The number of hydrogen-bond acceptors (Lipinski definition) is 4. The SMILES string of the molecule is CC(C)c1ccccc1C1CN(Cc2cccc(F)c2)CCN1C1CC2(CCN(C(=O)OC(C)(C)C)CC2)C1. The molecule has 3 aliphatic rings. The molecule has 1 spiro atoms. The minimum atomic E-state index is -0.452. The van der Waals surface area contributed by atoms with Crippen molar-refractivity contribution in [3.8, 4) is 0 Å². The highest BCUT2D eigenvalue weighted by Crippen LogP contribution is 2.53. The summed E-state index contributed by atoms with van der Waals surface area (Å²) >= 11 is 0. The fourth-order valence-corrected chi connectivity index (χ4v) is 7.02. The van der Waals surface area contributed by atoms with Crippen LogP contribution in [-0.4, -0.2) is 65.2 Å². The summed E-state index contributed by atoms with van der Waals surface area (Å²) in [6.45, 7) is 15.7. The zero-order chi connectivity index (χ0) is 27.8. The van der Waals surface area contributed by atoms with E-state index < -0.39 is 5.60 Å². The van der Waals surface area contributed by atoms with Crippen molar-refractivity contribution in [1.29, 1.82) is 0 Å². The van der Waals surface area contributed by atoms with Crippen molar-refractivity contribution >= 4 is 6.09 Å². The van der Waals surface area contributed by atoms with Gasteiger partial charge in [0.15, 0.2) is 0 Å². The maximum atomic E-state index is 13.9. The Hall–Kier alpha value is -2.44. The summed E-state index contributed by atoms with van der Waals surface area (Å²) in [4.78, 5) is 19.8. The smallest absolute Gasteiger partial charge is 0.410 e. The van der Waals surface area contributed by atoms with Gasteiger partial charge in [0.05, 0.1) is 0 Å². The molecule has 2 saturated heterocycles. The fraction of sp³-hybridized carbons (Fsp3) is 0.606. The molecule has 1 amide bonds. The Morgan fingerprint density at radius 3 is 2.41 bits per heavy atom. The van der Waals surface area contributed by atoms with Gasteiger partial charge in [-0.2, -0.15) is 0 Å². The van der Waals surface area contributed by atoms with Gasteiger partial charge in [-0.05, 0) is 86.6 Å². The van der Waals surface area contributed by atoms with E-state index in [1.54, 1.807) is 6.07 Å². The van der Waals surface area contributed by atoms with Gasteiger partial charge in [-0.3, -0.25) is 9.80 Å². The summed E-state index contributed by atoms with van der Waals surface area (Å²) in [5, 5.41) is 0. The van der Waals surface area contributed by atoms with E-state index in [9.17, 15) is 9.18 Å². The number of rotatable bonds is 5. The van der Waals surface area contributed by atoms with Gasteiger partial charge in [0, 0.05) is 51.4 Å². The first-order chi connectivity index (χ1) is 18.5. The molecule has 6 heteroatoms. The lowest BCUT2D eigenvalue weighted by Gasteiger charge is -2.58. The van der Waals surface area contributed by atoms with E-state index in [-0.39, 0.29) is 11.9 Å². The summed E-state index contributed by atoms with van der Waals surface area (Å²) in [6.07, 6.45) is 4.37. The summed E-state index contributed by atoms with van der Waals surface area (Å²) in [5.74, 6) is 0.303. The van der Waals surface area contributed by atoms with E-state index in [4.69, 9.17) is 4.74 Å². The van der Waals surface area contributed by atoms with Gasteiger partial charge in [-0.25, -0.2) is 9.18 Å². The second-order valence-electron chi connectivity index (χ2n) is 13.4. The zero-order valence-corrected chi connectivity index (χ0v) is 24.5. The molecule has 212 valence electrons. The van der Waals surface area contributed by atoms with Gasteiger partial charge in [0.2, 0.25) is 0 Å². The van der Waals surface area contributed by atoms with Crippen LogP contribution in [0.1, 0.15) is 89.0 Å². The molecule has 1 saturated carbocycles. The number of likely N-dealkylation sites (tertiary alicyclic amines) is 1. The predicted molar refractivity (Wildman–Crippen MR) is 154 cm³/mol. The predicted octanol–water partition coefficient (Wildman–Crippen LogP) is 6.99. The van der Waals surface area contributed by atoms with E-state index in [2.05, 4.69) is 47.9 Å². The van der Waals surface area contributed by atoms with E-state index in [1.165, 1.54) is 30.0 Å².